The normalized spacial score (nSPS) is 15.9. The third kappa shape index (κ3) is 1.84. The van der Waals surface area contributed by atoms with Crippen LogP contribution in [0.3, 0.4) is 0 Å². The van der Waals surface area contributed by atoms with Crippen molar-refractivity contribution in [2.24, 2.45) is 0 Å². The number of hydrogen-bond donors (Lipinski definition) is 1. The quantitative estimate of drug-likeness (QED) is 0.745. The fourth-order valence-corrected chi connectivity index (χ4v) is 1.52. The molecule has 0 saturated heterocycles. The highest BCUT2D eigenvalue weighted by Gasteiger charge is 2.25. The summed E-state index contributed by atoms with van der Waals surface area (Å²) in [5.74, 6) is 1.37. The molecule has 0 heterocycles. The molecule has 0 aliphatic heterocycles. The Morgan fingerprint density at radius 1 is 1.36 bits per heavy atom. The number of nitrogens with two attached hydrogens (primary N) is 1. The van der Waals surface area contributed by atoms with Gasteiger partial charge in [0.15, 0.2) is 0 Å². The number of hydrogen-bond acceptors (Lipinski definition) is 2. The number of rotatable bonds is 3. The number of ether oxygens (including phenoxy) is 1. The lowest BCUT2D eigenvalue weighted by molar-refractivity contribution is 0.300. The minimum Gasteiger partial charge on any atom is -0.488 e. The second-order valence-corrected chi connectivity index (χ2v) is 4.24. The third-order valence-corrected chi connectivity index (χ3v) is 2.51. The first-order valence-corrected chi connectivity index (χ1v) is 5.23. The van der Waals surface area contributed by atoms with Crippen LogP contribution < -0.4 is 10.5 Å². The average molecular weight is 191 g/mol. The first-order valence-electron chi connectivity index (χ1n) is 5.23. The number of anilines is 1. The topological polar surface area (TPSA) is 35.2 Å². The van der Waals surface area contributed by atoms with Gasteiger partial charge < -0.3 is 10.5 Å². The lowest BCUT2D eigenvalue weighted by Gasteiger charge is -2.15. The summed E-state index contributed by atoms with van der Waals surface area (Å²) in [6.45, 7) is 4.32. The Hall–Kier alpha value is -1.18. The zero-order valence-electron chi connectivity index (χ0n) is 8.79. The van der Waals surface area contributed by atoms with Crippen molar-refractivity contribution in [1.82, 2.24) is 0 Å². The van der Waals surface area contributed by atoms with Crippen molar-refractivity contribution in [3.63, 3.8) is 0 Å². The van der Waals surface area contributed by atoms with Crippen molar-refractivity contribution in [1.29, 1.82) is 0 Å². The van der Waals surface area contributed by atoms with E-state index in [0.717, 1.165) is 11.4 Å². The molecule has 1 saturated carbocycles. The van der Waals surface area contributed by atoms with Crippen LogP contribution in [-0.4, -0.2) is 6.10 Å². The van der Waals surface area contributed by atoms with Gasteiger partial charge in [-0.15, -0.1) is 0 Å². The summed E-state index contributed by atoms with van der Waals surface area (Å²) in [5.41, 5.74) is 7.90. The molecular formula is C12H17NO. The molecule has 76 valence electrons. The summed E-state index contributed by atoms with van der Waals surface area (Å²) < 4.78 is 5.82. The van der Waals surface area contributed by atoms with Gasteiger partial charge in [-0.25, -0.2) is 0 Å². The van der Waals surface area contributed by atoms with Crippen molar-refractivity contribution < 1.29 is 4.74 Å². The monoisotopic (exact) mass is 191 g/mol. The molecule has 0 spiro atoms. The molecule has 0 unspecified atom stereocenters. The summed E-state index contributed by atoms with van der Waals surface area (Å²) in [5, 5.41) is 0. The fraction of sp³-hybridized carbons (Fsp3) is 0.500. The number of nitrogen functional groups attached to an aromatic ring is 1. The zero-order valence-corrected chi connectivity index (χ0v) is 8.79. The van der Waals surface area contributed by atoms with Crippen molar-refractivity contribution in [2.75, 3.05) is 5.73 Å². The van der Waals surface area contributed by atoms with Gasteiger partial charge in [0.1, 0.15) is 5.75 Å². The van der Waals surface area contributed by atoms with Crippen LogP contribution >= 0.6 is 0 Å². The Morgan fingerprint density at radius 3 is 2.64 bits per heavy atom. The molecule has 0 amide bonds. The van der Waals surface area contributed by atoms with Crippen LogP contribution in [0, 0.1) is 0 Å². The van der Waals surface area contributed by atoms with Gasteiger partial charge >= 0.3 is 0 Å². The van der Waals surface area contributed by atoms with E-state index in [4.69, 9.17) is 10.5 Å². The molecule has 1 aliphatic carbocycles. The summed E-state index contributed by atoms with van der Waals surface area (Å²) in [6, 6.07) is 5.99. The van der Waals surface area contributed by atoms with Gasteiger partial charge in [0.2, 0.25) is 0 Å². The second kappa shape index (κ2) is 3.52. The van der Waals surface area contributed by atoms with Crippen molar-refractivity contribution in [3.8, 4) is 5.75 Å². The predicted octanol–water partition coefficient (Wildman–Crippen LogP) is 2.93. The van der Waals surface area contributed by atoms with Crippen molar-refractivity contribution >= 4 is 5.69 Å². The van der Waals surface area contributed by atoms with Gasteiger partial charge in [-0.1, -0.05) is 26.0 Å². The molecule has 1 aromatic carbocycles. The minimum atomic E-state index is 0.414. The van der Waals surface area contributed by atoms with E-state index in [0.29, 0.717) is 12.0 Å². The summed E-state index contributed by atoms with van der Waals surface area (Å²) in [4.78, 5) is 0. The second-order valence-electron chi connectivity index (χ2n) is 4.24. The van der Waals surface area contributed by atoms with E-state index in [9.17, 15) is 0 Å². The fourth-order valence-electron chi connectivity index (χ4n) is 1.52. The van der Waals surface area contributed by atoms with Crippen LogP contribution in [0.2, 0.25) is 0 Å². The Balaban J connectivity index is 2.31. The van der Waals surface area contributed by atoms with E-state index in [1.807, 2.05) is 12.1 Å². The maximum absolute atomic E-state index is 5.91. The van der Waals surface area contributed by atoms with Crippen LogP contribution in [-0.2, 0) is 0 Å². The van der Waals surface area contributed by atoms with E-state index in [1.165, 1.54) is 18.4 Å². The van der Waals surface area contributed by atoms with Gasteiger partial charge in [0.05, 0.1) is 11.8 Å². The van der Waals surface area contributed by atoms with Crippen LogP contribution in [0.4, 0.5) is 5.69 Å². The van der Waals surface area contributed by atoms with Gasteiger partial charge in [-0.3, -0.25) is 0 Å². The van der Waals surface area contributed by atoms with Crippen LogP contribution in [0.1, 0.15) is 38.2 Å². The first kappa shape index (κ1) is 9.38. The van der Waals surface area contributed by atoms with Crippen molar-refractivity contribution in [3.05, 3.63) is 23.8 Å². The number of para-hydroxylation sites is 1. The van der Waals surface area contributed by atoms with E-state index in [2.05, 4.69) is 19.9 Å². The van der Waals surface area contributed by atoms with E-state index in [-0.39, 0.29) is 0 Å². The van der Waals surface area contributed by atoms with Gasteiger partial charge in [0, 0.05) is 0 Å². The van der Waals surface area contributed by atoms with E-state index >= 15 is 0 Å². The molecule has 2 heteroatoms. The zero-order chi connectivity index (χ0) is 10.1. The standard InChI is InChI=1S/C12H17NO/c1-8(2)10-4-3-5-11(13)12(10)14-9-6-7-9/h3-5,8-9H,6-7,13H2,1-2H3. The van der Waals surface area contributed by atoms with E-state index in [1.54, 1.807) is 0 Å². The first-order chi connectivity index (χ1) is 6.68. The molecule has 2 rings (SSSR count). The van der Waals surface area contributed by atoms with Crippen LogP contribution in [0.25, 0.3) is 0 Å². The molecule has 0 aromatic heterocycles. The molecule has 0 radical (unpaired) electrons. The largest absolute Gasteiger partial charge is 0.488 e. The molecule has 0 atom stereocenters. The highest BCUT2D eigenvalue weighted by atomic mass is 16.5. The lowest BCUT2D eigenvalue weighted by atomic mass is 10.0. The van der Waals surface area contributed by atoms with Crippen molar-refractivity contribution in [2.45, 2.75) is 38.7 Å². The Kier molecular flexibility index (Phi) is 2.36. The Labute approximate surface area is 85.1 Å². The molecule has 2 nitrogen and oxygen atoms in total. The SMILES string of the molecule is CC(C)c1cccc(N)c1OC1CC1. The summed E-state index contributed by atoms with van der Waals surface area (Å²) >= 11 is 0. The van der Waals surface area contributed by atoms with Crippen LogP contribution in [0.15, 0.2) is 18.2 Å². The maximum Gasteiger partial charge on any atom is 0.146 e. The lowest BCUT2D eigenvalue weighted by Crippen LogP contribution is -2.04. The molecule has 14 heavy (non-hydrogen) atoms. The number of benzene rings is 1. The smallest absolute Gasteiger partial charge is 0.146 e. The highest BCUT2D eigenvalue weighted by Crippen LogP contribution is 2.36. The third-order valence-electron chi connectivity index (χ3n) is 2.51. The van der Waals surface area contributed by atoms with Gasteiger partial charge in [-0.05, 0) is 30.4 Å². The van der Waals surface area contributed by atoms with Gasteiger partial charge in [0.25, 0.3) is 0 Å². The maximum atomic E-state index is 5.91. The van der Waals surface area contributed by atoms with E-state index < -0.39 is 0 Å². The van der Waals surface area contributed by atoms with Crippen LogP contribution in [0.5, 0.6) is 5.75 Å². The molecule has 1 aromatic rings. The Morgan fingerprint density at radius 2 is 2.07 bits per heavy atom. The summed E-state index contributed by atoms with van der Waals surface area (Å²) in [7, 11) is 0. The van der Waals surface area contributed by atoms with Gasteiger partial charge in [-0.2, -0.15) is 0 Å². The highest BCUT2D eigenvalue weighted by molar-refractivity contribution is 5.57. The molecular weight excluding hydrogens is 174 g/mol. The summed E-state index contributed by atoms with van der Waals surface area (Å²) in [6.07, 6.45) is 2.76. The molecule has 1 aliphatic rings. The molecule has 1 fully saturated rings. The molecule has 0 bridgehead atoms. The average Bonchev–Trinajstić information content (AvgIpc) is 2.91. The predicted molar refractivity (Wildman–Crippen MR) is 58.6 cm³/mol. The molecule has 2 N–H and O–H groups in total. The Bertz CT molecular complexity index is 329. The minimum absolute atomic E-state index is 0.414.